The molecule has 0 spiro atoms. The number of aryl methyl sites for hydroxylation is 1. The molecule has 2 aromatic heterocycles. The lowest BCUT2D eigenvalue weighted by molar-refractivity contribution is 0.100. The van der Waals surface area contributed by atoms with Crippen molar-refractivity contribution in [2.75, 3.05) is 0 Å². The van der Waals surface area contributed by atoms with Crippen LogP contribution in [0.4, 0.5) is 0 Å². The van der Waals surface area contributed by atoms with E-state index in [1.165, 1.54) is 17.1 Å². The molecule has 2 heterocycles. The zero-order valence-electron chi connectivity index (χ0n) is 6.97. The molecule has 0 N–H and O–H groups in total. The Labute approximate surface area is 74.0 Å². The number of rotatable bonds is 2. The minimum absolute atomic E-state index is 0.211. The monoisotopic (exact) mass is 177 g/mol. The summed E-state index contributed by atoms with van der Waals surface area (Å²) in [4.78, 5) is 11.6. The molecule has 5 nitrogen and oxygen atoms in total. The molecule has 0 saturated heterocycles. The van der Waals surface area contributed by atoms with E-state index < -0.39 is 0 Å². The Hall–Kier alpha value is -1.91. The number of hydrogen-bond donors (Lipinski definition) is 0. The van der Waals surface area contributed by atoms with Crippen molar-refractivity contribution in [2.24, 2.45) is 7.05 Å². The van der Waals surface area contributed by atoms with Gasteiger partial charge < -0.3 is 4.42 Å². The van der Waals surface area contributed by atoms with E-state index in [-0.39, 0.29) is 5.78 Å². The summed E-state index contributed by atoms with van der Waals surface area (Å²) in [5.74, 6) is 0.0860. The third-order valence-corrected chi connectivity index (χ3v) is 1.69. The number of aromatic nitrogens is 3. The molecule has 0 saturated carbocycles. The normalized spacial score (nSPS) is 10.2. The first-order valence-electron chi connectivity index (χ1n) is 3.72. The highest BCUT2D eigenvalue weighted by Crippen LogP contribution is 2.07. The third kappa shape index (κ3) is 1.24. The fraction of sp³-hybridized carbons (Fsp3) is 0.125. The highest BCUT2D eigenvalue weighted by Gasteiger charge is 2.15. The molecule has 0 unspecified atom stereocenters. The first-order valence-corrected chi connectivity index (χ1v) is 3.72. The largest absolute Gasteiger partial charge is 0.461 e. The summed E-state index contributed by atoms with van der Waals surface area (Å²) in [6.07, 6.45) is 2.86. The maximum atomic E-state index is 11.6. The van der Waals surface area contributed by atoms with Crippen molar-refractivity contribution < 1.29 is 9.21 Å². The summed E-state index contributed by atoms with van der Waals surface area (Å²) in [7, 11) is 1.66. The quantitative estimate of drug-likeness (QED) is 0.631. The minimum atomic E-state index is -0.211. The first kappa shape index (κ1) is 7.72. The summed E-state index contributed by atoms with van der Waals surface area (Å²) in [6.45, 7) is 0. The van der Waals surface area contributed by atoms with E-state index in [0.717, 1.165) is 0 Å². The van der Waals surface area contributed by atoms with Crippen LogP contribution in [0.15, 0.2) is 29.0 Å². The van der Waals surface area contributed by atoms with Crippen LogP contribution in [-0.2, 0) is 7.05 Å². The molecular formula is C8H7N3O2. The van der Waals surface area contributed by atoms with Crippen molar-refractivity contribution >= 4 is 5.78 Å². The van der Waals surface area contributed by atoms with Gasteiger partial charge in [-0.05, 0) is 12.1 Å². The van der Waals surface area contributed by atoms with Crippen LogP contribution in [0.1, 0.15) is 16.2 Å². The minimum Gasteiger partial charge on any atom is -0.461 e. The van der Waals surface area contributed by atoms with Gasteiger partial charge in [0, 0.05) is 7.05 Å². The van der Waals surface area contributed by atoms with E-state index in [0.29, 0.717) is 11.5 Å². The molecule has 5 heteroatoms. The van der Waals surface area contributed by atoms with Crippen LogP contribution in [0.5, 0.6) is 0 Å². The van der Waals surface area contributed by atoms with Gasteiger partial charge in [0.05, 0.1) is 12.5 Å². The summed E-state index contributed by atoms with van der Waals surface area (Å²) in [5.41, 5.74) is 0.412. The van der Waals surface area contributed by atoms with Crippen LogP contribution < -0.4 is 0 Å². The highest BCUT2D eigenvalue weighted by molar-refractivity contribution is 6.05. The molecule has 13 heavy (non-hydrogen) atoms. The Bertz CT molecular complexity index is 416. The van der Waals surface area contributed by atoms with E-state index in [2.05, 4.69) is 10.3 Å². The summed E-state index contributed by atoms with van der Waals surface area (Å²) in [5, 5.41) is 7.25. The predicted molar refractivity (Wildman–Crippen MR) is 43.1 cm³/mol. The van der Waals surface area contributed by atoms with Crippen molar-refractivity contribution in [3.8, 4) is 0 Å². The van der Waals surface area contributed by atoms with Crippen molar-refractivity contribution in [1.82, 2.24) is 15.0 Å². The second-order valence-electron chi connectivity index (χ2n) is 2.55. The molecule has 0 aliphatic heterocycles. The van der Waals surface area contributed by atoms with Gasteiger partial charge in [0.15, 0.2) is 5.76 Å². The zero-order valence-corrected chi connectivity index (χ0v) is 6.97. The van der Waals surface area contributed by atoms with E-state index in [1.54, 1.807) is 19.2 Å². The Morgan fingerprint density at radius 3 is 3.00 bits per heavy atom. The number of nitrogens with zero attached hydrogens (tertiary/aromatic N) is 3. The van der Waals surface area contributed by atoms with Crippen molar-refractivity contribution in [2.45, 2.75) is 0 Å². The fourth-order valence-corrected chi connectivity index (χ4v) is 1.03. The van der Waals surface area contributed by atoms with Gasteiger partial charge in [0.25, 0.3) is 0 Å². The summed E-state index contributed by atoms with van der Waals surface area (Å²) >= 11 is 0. The van der Waals surface area contributed by atoms with Crippen LogP contribution in [0.25, 0.3) is 0 Å². The molecule has 0 amide bonds. The smallest absolute Gasteiger partial charge is 0.247 e. The molecular weight excluding hydrogens is 170 g/mol. The Kier molecular flexibility index (Phi) is 1.70. The van der Waals surface area contributed by atoms with Gasteiger partial charge in [-0.25, -0.2) is 4.68 Å². The summed E-state index contributed by atoms with van der Waals surface area (Å²) in [6, 6.07) is 3.27. The standard InChI is InChI=1S/C8H7N3O2/c1-11-6(5-9-10-11)8(12)7-3-2-4-13-7/h2-5H,1H3. The lowest BCUT2D eigenvalue weighted by atomic mass is 10.2. The Morgan fingerprint density at radius 2 is 2.46 bits per heavy atom. The predicted octanol–water partition coefficient (Wildman–Crippen LogP) is 0.639. The lowest BCUT2D eigenvalue weighted by Gasteiger charge is -1.94. The molecule has 2 aromatic rings. The topological polar surface area (TPSA) is 60.9 Å². The van der Waals surface area contributed by atoms with Gasteiger partial charge in [0.1, 0.15) is 5.69 Å². The van der Waals surface area contributed by atoms with E-state index in [1.807, 2.05) is 0 Å². The molecule has 0 aliphatic rings. The molecule has 0 aromatic carbocycles. The van der Waals surface area contributed by atoms with Gasteiger partial charge in [0.2, 0.25) is 5.78 Å². The molecule has 0 aliphatic carbocycles. The zero-order chi connectivity index (χ0) is 9.26. The lowest BCUT2D eigenvalue weighted by Crippen LogP contribution is -2.06. The fourth-order valence-electron chi connectivity index (χ4n) is 1.03. The molecule has 66 valence electrons. The van der Waals surface area contributed by atoms with Crippen LogP contribution in [0.3, 0.4) is 0 Å². The van der Waals surface area contributed by atoms with E-state index in [4.69, 9.17) is 4.42 Å². The first-order chi connectivity index (χ1) is 6.29. The Morgan fingerprint density at radius 1 is 1.62 bits per heavy atom. The second kappa shape index (κ2) is 2.85. The van der Waals surface area contributed by atoms with Gasteiger partial charge in [-0.2, -0.15) is 0 Å². The molecule has 2 rings (SSSR count). The number of carbonyl (C=O) groups is 1. The van der Waals surface area contributed by atoms with Gasteiger partial charge >= 0.3 is 0 Å². The average molecular weight is 177 g/mol. The van der Waals surface area contributed by atoms with Crippen molar-refractivity contribution in [1.29, 1.82) is 0 Å². The van der Waals surface area contributed by atoms with Crippen molar-refractivity contribution in [3.05, 3.63) is 36.0 Å². The number of carbonyl (C=O) groups excluding carboxylic acids is 1. The van der Waals surface area contributed by atoms with Gasteiger partial charge in [-0.1, -0.05) is 5.21 Å². The molecule has 0 atom stereocenters. The molecule has 0 fully saturated rings. The summed E-state index contributed by atoms with van der Waals surface area (Å²) < 4.78 is 6.36. The van der Waals surface area contributed by atoms with Gasteiger partial charge in [-0.3, -0.25) is 4.79 Å². The van der Waals surface area contributed by atoms with Gasteiger partial charge in [-0.15, -0.1) is 5.10 Å². The average Bonchev–Trinajstić information content (AvgIpc) is 2.72. The van der Waals surface area contributed by atoms with E-state index in [9.17, 15) is 4.79 Å². The maximum Gasteiger partial charge on any atom is 0.247 e. The van der Waals surface area contributed by atoms with Crippen LogP contribution in [-0.4, -0.2) is 20.8 Å². The van der Waals surface area contributed by atoms with Crippen LogP contribution >= 0.6 is 0 Å². The SMILES string of the molecule is Cn1nncc1C(=O)c1ccco1. The Balaban J connectivity index is 2.39. The second-order valence-corrected chi connectivity index (χ2v) is 2.55. The highest BCUT2D eigenvalue weighted by atomic mass is 16.3. The number of furan rings is 1. The molecule has 0 radical (unpaired) electrons. The van der Waals surface area contributed by atoms with Crippen LogP contribution in [0.2, 0.25) is 0 Å². The van der Waals surface area contributed by atoms with Crippen LogP contribution in [0, 0.1) is 0 Å². The van der Waals surface area contributed by atoms with Crippen molar-refractivity contribution in [3.63, 3.8) is 0 Å². The third-order valence-electron chi connectivity index (χ3n) is 1.69. The maximum absolute atomic E-state index is 11.6. The number of hydrogen-bond acceptors (Lipinski definition) is 4. The van der Waals surface area contributed by atoms with E-state index >= 15 is 0 Å². The number of ketones is 1. The molecule has 0 bridgehead atoms.